The van der Waals surface area contributed by atoms with Gasteiger partial charge in [0.1, 0.15) is 11.5 Å². The van der Waals surface area contributed by atoms with E-state index < -0.39 is 0 Å². The van der Waals surface area contributed by atoms with Crippen LogP contribution in [0.1, 0.15) is 41.3 Å². The number of amides is 2. The Morgan fingerprint density at radius 1 is 0.952 bits per heavy atom. The second-order valence-corrected chi connectivity index (χ2v) is 5.99. The number of carbonyl (C=O) groups excluding carboxylic acids is 2. The van der Waals surface area contributed by atoms with Gasteiger partial charge in [0.25, 0.3) is 5.91 Å². The molecule has 1 fully saturated rings. The van der Waals surface area contributed by atoms with Gasteiger partial charge in [-0.1, -0.05) is 13.8 Å². The van der Waals surface area contributed by atoms with Crippen molar-refractivity contribution in [3.8, 4) is 0 Å². The summed E-state index contributed by atoms with van der Waals surface area (Å²) in [5, 5.41) is 0. The molecule has 2 heterocycles. The van der Waals surface area contributed by atoms with Crippen LogP contribution in [0.15, 0.2) is 4.42 Å². The first-order chi connectivity index (χ1) is 9.82. The molecular formula is C16H24N2O3. The lowest BCUT2D eigenvalue weighted by atomic mass is 10.1. The van der Waals surface area contributed by atoms with Crippen LogP contribution in [-0.4, -0.2) is 47.8 Å². The molecule has 116 valence electrons. The lowest BCUT2D eigenvalue weighted by molar-refractivity contribution is -0.135. The predicted molar refractivity (Wildman–Crippen MR) is 80.2 cm³/mol. The summed E-state index contributed by atoms with van der Waals surface area (Å²) < 4.78 is 5.54. The first-order valence-electron chi connectivity index (χ1n) is 7.47. The largest absolute Gasteiger partial charge is 0.466 e. The van der Waals surface area contributed by atoms with Crippen LogP contribution in [0.5, 0.6) is 0 Å². The number of nitrogens with zero attached hydrogens (tertiary/aromatic N) is 2. The Kier molecular flexibility index (Phi) is 4.40. The topological polar surface area (TPSA) is 53.8 Å². The number of carbonyl (C=O) groups is 2. The highest BCUT2D eigenvalue weighted by Crippen LogP contribution is 2.23. The van der Waals surface area contributed by atoms with Gasteiger partial charge in [0, 0.05) is 37.7 Å². The predicted octanol–water partition coefficient (Wildman–Crippen LogP) is 2.15. The third-order valence-electron chi connectivity index (χ3n) is 4.15. The minimum Gasteiger partial charge on any atom is -0.466 e. The fourth-order valence-corrected chi connectivity index (χ4v) is 2.76. The molecule has 0 radical (unpaired) electrons. The van der Waals surface area contributed by atoms with Gasteiger partial charge in [-0.05, 0) is 20.8 Å². The van der Waals surface area contributed by atoms with Crippen molar-refractivity contribution in [2.75, 3.05) is 26.2 Å². The van der Waals surface area contributed by atoms with Crippen molar-refractivity contribution in [1.82, 2.24) is 9.80 Å². The molecule has 0 atom stereocenters. The molecule has 5 nitrogen and oxygen atoms in total. The van der Waals surface area contributed by atoms with Crippen molar-refractivity contribution < 1.29 is 14.0 Å². The molecule has 0 aromatic carbocycles. The maximum Gasteiger partial charge on any atom is 0.257 e. The quantitative estimate of drug-likeness (QED) is 0.839. The Hall–Kier alpha value is -1.78. The van der Waals surface area contributed by atoms with Crippen molar-refractivity contribution in [3.63, 3.8) is 0 Å². The summed E-state index contributed by atoms with van der Waals surface area (Å²) in [7, 11) is 0. The van der Waals surface area contributed by atoms with Gasteiger partial charge in [-0.2, -0.15) is 0 Å². The minimum atomic E-state index is 0.00765. The summed E-state index contributed by atoms with van der Waals surface area (Å²) in [4.78, 5) is 28.2. The average molecular weight is 292 g/mol. The molecule has 1 saturated heterocycles. The average Bonchev–Trinajstić information content (AvgIpc) is 2.70. The molecule has 0 spiro atoms. The van der Waals surface area contributed by atoms with E-state index in [1.165, 1.54) is 0 Å². The van der Waals surface area contributed by atoms with Crippen molar-refractivity contribution >= 4 is 11.8 Å². The van der Waals surface area contributed by atoms with Crippen LogP contribution in [0.25, 0.3) is 0 Å². The molecule has 5 heteroatoms. The molecule has 2 rings (SSSR count). The Morgan fingerprint density at radius 3 is 1.90 bits per heavy atom. The fourth-order valence-electron chi connectivity index (χ4n) is 2.76. The molecule has 0 saturated carbocycles. The lowest BCUT2D eigenvalue weighted by Crippen LogP contribution is -2.51. The highest BCUT2D eigenvalue weighted by Gasteiger charge is 2.28. The standard InChI is InChI=1S/C16H24N2O3/c1-10(2)15(19)17-6-8-18(9-7-17)16(20)14-11(3)12(4)21-13(14)5/h10H,6-9H2,1-5H3. The van der Waals surface area contributed by atoms with E-state index in [-0.39, 0.29) is 17.7 Å². The highest BCUT2D eigenvalue weighted by atomic mass is 16.3. The summed E-state index contributed by atoms with van der Waals surface area (Å²) in [6.07, 6.45) is 0. The Balaban J connectivity index is 2.05. The fraction of sp³-hybridized carbons (Fsp3) is 0.625. The molecule has 1 aliphatic heterocycles. The van der Waals surface area contributed by atoms with Gasteiger partial charge >= 0.3 is 0 Å². The maximum atomic E-state index is 12.6. The van der Waals surface area contributed by atoms with Gasteiger partial charge in [-0.25, -0.2) is 0 Å². The summed E-state index contributed by atoms with van der Waals surface area (Å²) >= 11 is 0. The number of hydrogen-bond acceptors (Lipinski definition) is 3. The molecule has 21 heavy (non-hydrogen) atoms. The highest BCUT2D eigenvalue weighted by molar-refractivity contribution is 5.97. The SMILES string of the molecule is Cc1oc(C)c(C(=O)N2CCN(C(=O)C(C)C)CC2)c1C. The Morgan fingerprint density at radius 2 is 1.48 bits per heavy atom. The molecule has 0 bridgehead atoms. The third kappa shape index (κ3) is 2.96. The molecule has 1 aromatic heterocycles. The smallest absolute Gasteiger partial charge is 0.257 e. The van der Waals surface area contributed by atoms with E-state index in [1.54, 1.807) is 0 Å². The first kappa shape index (κ1) is 15.6. The van der Waals surface area contributed by atoms with Crippen LogP contribution in [0.2, 0.25) is 0 Å². The zero-order valence-corrected chi connectivity index (χ0v) is 13.5. The first-order valence-corrected chi connectivity index (χ1v) is 7.47. The van der Waals surface area contributed by atoms with Crippen LogP contribution >= 0.6 is 0 Å². The lowest BCUT2D eigenvalue weighted by Gasteiger charge is -2.35. The van der Waals surface area contributed by atoms with Crippen molar-refractivity contribution in [2.24, 2.45) is 5.92 Å². The van der Waals surface area contributed by atoms with Crippen LogP contribution in [0.4, 0.5) is 0 Å². The number of furan rings is 1. The van der Waals surface area contributed by atoms with Gasteiger partial charge in [-0.3, -0.25) is 9.59 Å². The second kappa shape index (κ2) is 5.92. The Bertz CT molecular complexity index is 552. The van der Waals surface area contributed by atoms with Gasteiger partial charge < -0.3 is 14.2 Å². The van der Waals surface area contributed by atoms with Crippen LogP contribution in [-0.2, 0) is 4.79 Å². The molecule has 1 aliphatic rings. The number of rotatable bonds is 2. The van der Waals surface area contributed by atoms with Crippen LogP contribution in [0, 0.1) is 26.7 Å². The van der Waals surface area contributed by atoms with E-state index in [9.17, 15) is 9.59 Å². The van der Waals surface area contributed by atoms with E-state index in [0.29, 0.717) is 37.5 Å². The second-order valence-electron chi connectivity index (χ2n) is 5.99. The summed E-state index contributed by atoms with van der Waals surface area (Å²) in [6, 6.07) is 0. The van der Waals surface area contributed by atoms with Crippen LogP contribution < -0.4 is 0 Å². The van der Waals surface area contributed by atoms with Gasteiger partial charge in [0.2, 0.25) is 5.91 Å². The number of piperazine rings is 1. The summed E-state index contributed by atoms with van der Waals surface area (Å²) in [6.45, 7) is 11.8. The van der Waals surface area contributed by atoms with Crippen molar-refractivity contribution in [3.05, 3.63) is 22.6 Å². The minimum absolute atomic E-state index is 0.00765. The number of hydrogen-bond donors (Lipinski definition) is 0. The molecule has 0 N–H and O–H groups in total. The maximum absolute atomic E-state index is 12.6. The van der Waals surface area contributed by atoms with Gasteiger partial charge in [-0.15, -0.1) is 0 Å². The van der Waals surface area contributed by atoms with Gasteiger partial charge in [0.15, 0.2) is 0 Å². The third-order valence-corrected chi connectivity index (χ3v) is 4.15. The van der Waals surface area contributed by atoms with Gasteiger partial charge in [0.05, 0.1) is 5.56 Å². The van der Waals surface area contributed by atoms with E-state index >= 15 is 0 Å². The van der Waals surface area contributed by atoms with E-state index in [0.717, 1.165) is 11.3 Å². The molecule has 1 aromatic rings. The summed E-state index contributed by atoms with van der Waals surface area (Å²) in [5.41, 5.74) is 1.59. The molecule has 0 aliphatic carbocycles. The zero-order valence-electron chi connectivity index (χ0n) is 13.5. The summed E-state index contributed by atoms with van der Waals surface area (Å²) in [5.74, 6) is 1.65. The van der Waals surface area contributed by atoms with Crippen LogP contribution in [0.3, 0.4) is 0 Å². The van der Waals surface area contributed by atoms with Crippen molar-refractivity contribution in [1.29, 1.82) is 0 Å². The molecular weight excluding hydrogens is 268 g/mol. The molecule has 0 unspecified atom stereocenters. The number of aryl methyl sites for hydroxylation is 2. The van der Waals surface area contributed by atoms with E-state index in [1.807, 2.05) is 44.4 Å². The molecule has 2 amide bonds. The van der Waals surface area contributed by atoms with E-state index in [4.69, 9.17) is 4.42 Å². The Labute approximate surface area is 125 Å². The normalized spacial score (nSPS) is 15.7. The van der Waals surface area contributed by atoms with Crippen molar-refractivity contribution in [2.45, 2.75) is 34.6 Å². The zero-order chi connectivity index (χ0) is 15.7. The van der Waals surface area contributed by atoms with E-state index in [2.05, 4.69) is 0 Å². The monoisotopic (exact) mass is 292 g/mol.